The van der Waals surface area contributed by atoms with Gasteiger partial charge in [-0.2, -0.15) is 0 Å². The van der Waals surface area contributed by atoms with Crippen LogP contribution in [0.1, 0.15) is 17.2 Å². The van der Waals surface area contributed by atoms with Crippen molar-refractivity contribution < 1.29 is 13.9 Å². The molecule has 0 bridgehead atoms. The van der Waals surface area contributed by atoms with Gasteiger partial charge in [-0.25, -0.2) is 4.39 Å². The number of halogens is 2. The number of benzene rings is 2. The summed E-state index contributed by atoms with van der Waals surface area (Å²) < 4.78 is 24.6. The summed E-state index contributed by atoms with van der Waals surface area (Å²) >= 11 is 0. The van der Waals surface area contributed by atoms with Gasteiger partial charge in [0.25, 0.3) is 0 Å². The van der Waals surface area contributed by atoms with Crippen LogP contribution in [-0.2, 0) is 6.54 Å². The van der Waals surface area contributed by atoms with E-state index in [-0.39, 0.29) is 31.1 Å². The van der Waals surface area contributed by atoms with Crippen LogP contribution in [0.5, 0.6) is 11.5 Å². The molecule has 1 atom stereocenters. The molecule has 0 saturated carbocycles. The van der Waals surface area contributed by atoms with Crippen LogP contribution in [0, 0.1) is 5.82 Å². The van der Waals surface area contributed by atoms with E-state index < -0.39 is 0 Å². The van der Waals surface area contributed by atoms with E-state index >= 15 is 0 Å². The molecule has 0 aliphatic carbocycles. The number of hydrogen-bond acceptors (Lipinski definition) is 4. The number of nitrogens with zero attached hydrogens (tertiary/aromatic N) is 1. The van der Waals surface area contributed by atoms with Crippen molar-refractivity contribution in [3.63, 3.8) is 0 Å². The summed E-state index contributed by atoms with van der Waals surface area (Å²) in [5, 5.41) is 3.40. The molecule has 2 aliphatic rings. The summed E-state index contributed by atoms with van der Waals surface area (Å²) in [5.74, 6) is 1.45. The SMILES string of the molecule is Cl.Fc1cccc(C2CNCCN2Cc2cccc3c2OCO3)c1. The quantitative estimate of drug-likeness (QED) is 0.922. The largest absolute Gasteiger partial charge is 0.454 e. The highest BCUT2D eigenvalue weighted by Gasteiger charge is 2.26. The fourth-order valence-corrected chi connectivity index (χ4v) is 3.31. The van der Waals surface area contributed by atoms with Gasteiger partial charge in [0.1, 0.15) is 5.82 Å². The first-order chi connectivity index (χ1) is 11.3. The average molecular weight is 351 g/mol. The molecule has 1 N–H and O–H groups in total. The van der Waals surface area contributed by atoms with Crippen molar-refractivity contribution in [2.24, 2.45) is 0 Å². The van der Waals surface area contributed by atoms with E-state index in [1.807, 2.05) is 18.2 Å². The third-order valence-electron chi connectivity index (χ3n) is 4.44. The highest BCUT2D eigenvalue weighted by atomic mass is 35.5. The minimum atomic E-state index is -0.189. The second-order valence-corrected chi connectivity index (χ2v) is 5.90. The maximum absolute atomic E-state index is 13.6. The number of ether oxygens (including phenoxy) is 2. The predicted octanol–water partition coefficient (Wildman–Crippen LogP) is 3.12. The maximum atomic E-state index is 13.6. The van der Waals surface area contributed by atoms with Crippen LogP contribution in [0.3, 0.4) is 0 Å². The Labute approximate surface area is 147 Å². The molecule has 6 heteroatoms. The molecule has 1 fully saturated rings. The third kappa shape index (κ3) is 3.34. The van der Waals surface area contributed by atoms with Crippen LogP contribution in [0.15, 0.2) is 42.5 Å². The lowest BCUT2D eigenvalue weighted by Gasteiger charge is -2.36. The van der Waals surface area contributed by atoms with Crippen LogP contribution in [0.2, 0.25) is 0 Å². The van der Waals surface area contributed by atoms with Crippen molar-refractivity contribution in [3.05, 3.63) is 59.4 Å². The first kappa shape index (κ1) is 17.0. The molecule has 0 spiro atoms. The summed E-state index contributed by atoms with van der Waals surface area (Å²) in [7, 11) is 0. The van der Waals surface area contributed by atoms with Gasteiger partial charge in [-0.1, -0.05) is 24.3 Å². The molecule has 2 aliphatic heterocycles. The number of rotatable bonds is 3. The fourth-order valence-electron chi connectivity index (χ4n) is 3.31. The molecular formula is C18H20ClFN2O2. The molecule has 1 unspecified atom stereocenters. The minimum absolute atomic E-state index is 0. The molecule has 2 aromatic rings. The highest BCUT2D eigenvalue weighted by molar-refractivity contribution is 5.85. The van der Waals surface area contributed by atoms with E-state index in [1.54, 1.807) is 12.1 Å². The molecule has 4 nitrogen and oxygen atoms in total. The van der Waals surface area contributed by atoms with Crippen molar-refractivity contribution >= 4 is 12.4 Å². The van der Waals surface area contributed by atoms with Gasteiger partial charge < -0.3 is 14.8 Å². The first-order valence-corrected chi connectivity index (χ1v) is 7.89. The highest BCUT2D eigenvalue weighted by Crippen LogP contribution is 2.37. The summed E-state index contributed by atoms with van der Waals surface area (Å²) in [6, 6.07) is 13.0. The van der Waals surface area contributed by atoms with E-state index in [1.165, 1.54) is 6.07 Å². The van der Waals surface area contributed by atoms with E-state index in [2.05, 4.69) is 16.3 Å². The maximum Gasteiger partial charge on any atom is 0.231 e. The Morgan fingerprint density at radius 1 is 1.17 bits per heavy atom. The Kier molecular flexibility index (Phi) is 5.23. The molecule has 2 heterocycles. The standard InChI is InChI=1S/C18H19FN2O2.ClH/c19-15-5-1-3-13(9-15)16-10-20-7-8-21(16)11-14-4-2-6-17-18(14)23-12-22-17;/h1-6,9,16,20H,7-8,10-12H2;1H. The van der Waals surface area contributed by atoms with Crippen LogP contribution < -0.4 is 14.8 Å². The van der Waals surface area contributed by atoms with Crippen LogP contribution >= 0.6 is 12.4 Å². The minimum Gasteiger partial charge on any atom is -0.454 e. The Bertz CT molecular complexity index is 713. The number of nitrogens with one attached hydrogen (secondary N) is 1. The van der Waals surface area contributed by atoms with Crippen molar-refractivity contribution in [3.8, 4) is 11.5 Å². The van der Waals surface area contributed by atoms with E-state index in [0.717, 1.165) is 48.8 Å². The monoisotopic (exact) mass is 350 g/mol. The Balaban J connectivity index is 0.00000169. The molecular weight excluding hydrogens is 331 g/mol. The van der Waals surface area contributed by atoms with E-state index in [4.69, 9.17) is 9.47 Å². The van der Waals surface area contributed by atoms with Gasteiger partial charge in [-0.05, 0) is 23.8 Å². The van der Waals surface area contributed by atoms with Gasteiger partial charge >= 0.3 is 0 Å². The number of hydrogen-bond donors (Lipinski definition) is 1. The Morgan fingerprint density at radius 2 is 2.04 bits per heavy atom. The molecule has 0 amide bonds. The number of para-hydroxylation sites is 1. The lowest BCUT2D eigenvalue weighted by molar-refractivity contribution is 0.148. The Morgan fingerprint density at radius 3 is 2.92 bits per heavy atom. The van der Waals surface area contributed by atoms with E-state index in [0.29, 0.717) is 0 Å². The van der Waals surface area contributed by atoms with Crippen LogP contribution in [0.4, 0.5) is 4.39 Å². The van der Waals surface area contributed by atoms with Gasteiger partial charge in [0, 0.05) is 37.8 Å². The summed E-state index contributed by atoms with van der Waals surface area (Å²) in [6.45, 7) is 3.69. The smallest absolute Gasteiger partial charge is 0.231 e. The second kappa shape index (κ2) is 7.38. The molecule has 128 valence electrons. The molecule has 0 radical (unpaired) electrons. The van der Waals surface area contributed by atoms with Crippen molar-refractivity contribution in [1.82, 2.24) is 10.2 Å². The molecule has 2 aromatic carbocycles. The predicted molar refractivity (Wildman–Crippen MR) is 92.2 cm³/mol. The van der Waals surface area contributed by atoms with Gasteiger partial charge in [0.2, 0.25) is 6.79 Å². The zero-order valence-electron chi connectivity index (χ0n) is 13.2. The van der Waals surface area contributed by atoms with E-state index in [9.17, 15) is 4.39 Å². The molecule has 1 saturated heterocycles. The van der Waals surface area contributed by atoms with Crippen LogP contribution in [-0.4, -0.2) is 31.3 Å². The molecule has 24 heavy (non-hydrogen) atoms. The zero-order chi connectivity index (χ0) is 15.6. The Hall–Kier alpha value is -1.82. The van der Waals surface area contributed by atoms with Gasteiger partial charge in [-0.3, -0.25) is 4.90 Å². The van der Waals surface area contributed by atoms with Crippen molar-refractivity contribution in [1.29, 1.82) is 0 Å². The molecule has 4 rings (SSSR count). The van der Waals surface area contributed by atoms with Gasteiger partial charge in [0.05, 0.1) is 0 Å². The topological polar surface area (TPSA) is 33.7 Å². The second-order valence-electron chi connectivity index (χ2n) is 5.90. The zero-order valence-corrected chi connectivity index (χ0v) is 14.0. The first-order valence-electron chi connectivity index (χ1n) is 7.89. The lowest BCUT2D eigenvalue weighted by atomic mass is 10.0. The summed E-state index contributed by atoms with van der Waals surface area (Å²) in [5.41, 5.74) is 2.12. The van der Waals surface area contributed by atoms with Crippen molar-refractivity contribution in [2.45, 2.75) is 12.6 Å². The van der Waals surface area contributed by atoms with Crippen LogP contribution in [0.25, 0.3) is 0 Å². The lowest BCUT2D eigenvalue weighted by Crippen LogP contribution is -2.45. The third-order valence-corrected chi connectivity index (χ3v) is 4.44. The average Bonchev–Trinajstić information content (AvgIpc) is 3.05. The summed E-state index contributed by atoms with van der Waals surface area (Å²) in [6.07, 6.45) is 0. The number of fused-ring (bicyclic) bond motifs is 1. The normalized spacial score (nSPS) is 19.8. The van der Waals surface area contributed by atoms with Gasteiger partial charge in [-0.15, -0.1) is 12.4 Å². The molecule has 0 aromatic heterocycles. The fraction of sp³-hybridized carbons (Fsp3) is 0.333. The summed E-state index contributed by atoms with van der Waals surface area (Å²) in [4.78, 5) is 2.36. The van der Waals surface area contributed by atoms with Gasteiger partial charge in [0.15, 0.2) is 11.5 Å². The number of piperazine rings is 1. The van der Waals surface area contributed by atoms with Crippen molar-refractivity contribution in [2.75, 3.05) is 26.4 Å².